The van der Waals surface area contributed by atoms with E-state index in [2.05, 4.69) is 29.8 Å². The minimum Gasteiger partial charge on any atom is -0.322 e. The summed E-state index contributed by atoms with van der Waals surface area (Å²) in [5.74, 6) is -0.167. The molecule has 0 aliphatic rings. The molecule has 0 fully saturated rings. The molecule has 0 atom stereocenters. The van der Waals surface area contributed by atoms with Gasteiger partial charge in [-0.2, -0.15) is 0 Å². The van der Waals surface area contributed by atoms with Crippen molar-refractivity contribution >= 4 is 34.5 Å². The molecule has 0 aliphatic carbocycles. The molecule has 1 amide bonds. The van der Waals surface area contributed by atoms with Crippen molar-refractivity contribution in [1.29, 1.82) is 0 Å². The van der Waals surface area contributed by atoms with Crippen molar-refractivity contribution in [3.05, 3.63) is 94.3 Å². The summed E-state index contributed by atoms with van der Waals surface area (Å²) in [5.41, 5.74) is 5.61. The minimum atomic E-state index is -0.167. The first kappa shape index (κ1) is 18.4. The number of benzene rings is 3. The van der Waals surface area contributed by atoms with Crippen molar-refractivity contribution in [2.75, 3.05) is 5.32 Å². The van der Waals surface area contributed by atoms with E-state index >= 15 is 0 Å². The van der Waals surface area contributed by atoms with E-state index in [0.717, 1.165) is 27.5 Å². The number of hydrogen-bond acceptors (Lipinski definition) is 3. The molecule has 138 valence electrons. The van der Waals surface area contributed by atoms with Gasteiger partial charge in [-0.15, -0.1) is 11.3 Å². The Kier molecular flexibility index (Phi) is 5.24. The second-order valence-corrected chi connectivity index (χ2v) is 7.69. The fraction of sp³-hybridized carbons (Fsp3) is 0.0435. The van der Waals surface area contributed by atoms with E-state index < -0.39 is 0 Å². The third kappa shape index (κ3) is 3.98. The van der Waals surface area contributed by atoms with Crippen LogP contribution in [0, 0.1) is 6.92 Å². The zero-order valence-corrected chi connectivity index (χ0v) is 16.7. The van der Waals surface area contributed by atoms with Gasteiger partial charge in [-0.3, -0.25) is 4.79 Å². The lowest BCUT2D eigenvalue weighted by Gasteiger charge is -2.06. The first-order valence-electron chi connectivity index (χ1n) is 8.79. The summed E-state index contributed by atoms with van der Waals surface area (Å²) in [4.78, 5) is 17.1. The molecular formula is C23H17ClN2OS. The molecule has 0 bridgehead atoms. The maximum Gasteiger partial charge on any atom is 0.255 e. The SMILES string of the molecule is Cc1ccccc1-c1nc(-c2ccc(NC(=O)c3ccc(Cl)cc3)cc2)cs1. The highest BCUT2D eigenvalue weighted by molar-refractivity contribution is 7.13. The molecule has 0 radical (unpaired) electrons. The van der Waals surface area contributed by atoms with Crippen molar-refractivity contribution in [3.63, 3.8) is 0 Å². The molecule has 1 N–H and O–H groups in total. The second kappa shape index (κ2) is 7.97. The van der Waals surface area contributed by atoms with Crippen LogP contribution >= 0.6 is 22.9 Å². The van der Waals surface area contributed by atoms with Gasteiger partial charge in [0, 0.05) is 32.8 Å². The fourth-order valence-electron chi connectivity index (χ4n) is 2.87. The van der Waals surface area contributed by atoms with Crippen molar-refractivity contribution in [3.8, 4) is 21.8 Å². The second-order valence-electron chi connectivity index (χ2n) is 6.39. The van der Waals surface area contributed by atoms with Gasteiger partial charge in [0.25, 0.3) is 5.91 Å². The summed E-state index contributed by atoms with van der Waals surface area (Å²) in [6, 6.07) is 22.8. The average molecular weight is 405 g/mol. The standard InChI is InChI=1S/C23H17ClN2OS/c1-15-4-2-3-5-20(15)23-26-21(14-28-23)16-8-12-19(13-9-16)25-22(27)17-6-10-18(24)11-7-17/h2-14H,1H3,(H,25,27). The molecule has 5 heteroatoms. The Morgan fingerprint density at radius 3 is 2.39 bits per heavy atom. The molecule has 1 heterocycles. The van der Waals surface area contributed by atoms with Gasteiger partial charge in [0.1, 0.15) is 5.01 Å². The number of amides is 1. The molecule has 4 aromatic rings. The lowest BCUT2D eigenvalue weighted by molar-refractivity contribution is 0.102. The van der Waals surface area contributed by atoms with Crippen LogP contribution in [-0.2, 0) is 0 Å². The maximum atomic E-state index is 12.3. The number of rotatable bonds is 4. The van der Waals surface area contributed by atoms with Crippen LogP contribution in [0.2, 0.25) is 5.02 Å². The van der Waals surface area contributed by atoms with Crippen LogP contribution in [-0.4, -0.2) is 10.9 Å². The van der Waals surface area contributed by atoms with Gasteiger partial charge in [-0.1, -0.05) is 48.0 Å². The molecule has 3 nitrogen and oxygen atoms in total. The molecule has 0 aliphatic heterocycles. The third-order valence-corrected chi connectivity index (χ3v) is 5.55. The number of nitrogens with one attached hydrogen (secondary N) is 1. The summed E-state index contributed by atoms with van der Waals surface area (Å²) in [7, 11) is 0. The van der Waals surface area contributed by atoms with Crippen LogP contribution in [0.5, 0.6) is 0 Å². The van der Waals surface area contributed by atoms with Crippen molar-refractivity contribution in [1.82, 2.24) is 4.98 Å². The van der Waals surface area contributed by atoms with Gasteiger partial charge in [-0.25, -0.2) is 4.98 Å². The Balaban J connectivity index is 1.50. The molecule has 0 saturated heterocycles. The largest absolute Gasteiger partial charge is 0.322 e. The van der Waals surface area contributed by atoms with E-state index in [1.165, 1.54) is 5.56 Å². The normalized spacial score (nSPS) is 10.6. The number of halogens is 1. The topological polar surface area (TPSA) is 42.0 Å². The van der Waals surface area contributed by atoms with E-state index in [1.807, 2.05) is 36.4 Å². The molecule has 0 spiro atoms. The average Bonchev–Trinajstić information content (AvgIpc) is 3.19. The minimum absolute atomic E-state index is 0.167. The van der Waals surface area contributed by atoms with Gasteiger partial charge < -0.3 is 5.32 Å². The smallest absolute Gasteiger partial charge is 0.255 e. The van der Waals surface area contributed by atoms with Crippen LogP contribution in [0.3, 0.4) is 0 Å². The number of hydrogen-bond donors (Lipinski definition) is 1. The Hall–Kier alpha value is -2.95. The summed E-state index contributed by atoms with van der Waals surface area (Å²) in [5, 5.41) is 6.57. The molecular weight excluding hydrogens is 388 g/mol. The predicted molar refractivity (Wildman–Crippen MR) is 117 cm³/mol. The van der Waals surface area contributed by atoms with E-state index in [4.69, 9.17) is 16.6 Å². The number of nitrogens with zero attached hydrogens (tertiary/aromatic N) is 1. The van der Waals surface area contributed by atoms with Gasteiger partial charge in [0.15, 0.2) is 0 Å². The summed E-state index contributed by atoms with van der Waals surface area (Å²) >= 11 is 7.50. The highest BCUT2D eigenvalue weighted by Crippen LogP contribution is 2.31. The van der Waals surface area contributed by atoms with E-state index in [0.29, 0.717) is 10.6 Å². The molecule has 0 unspecified atom stereocenters. The number of carbonyl (C=O) groups is 1. The predicted octanol–water partition coefficient (Wildman–Crippen LogP) is 6.69. The number of thiazole rings is 1. The summed E-state index contributed by atoms with van der Waals surface area (Å²) in [6.45, 7) is 2.09. The van der Waals surface area contributed by atoms with Gasteiger partial charge in [0.2, 0.25) is 0 Å². The van der Waals surface area contributed by atoms with Crippen LogP contribution in [0.15, 0.2) is 78.2 Å². The quantitative estimate of drug-likeness (QED) is 0.411. The lowest BCUT2D eigenvalue weighted by Crippen LogP contribution is -2.11. The number of aryl methyl sites for hydroxylation is 1. The fourth-order valence-corrected chi connectivity index (χ4v) is 3.92. The molecule has 3 aromatic carbocycles. The van der Waals surface area contributed by atoms with Gasteiger partial charge >= 0.3 is 0 Å². The van der Waals surface area contributed by atoms with Crippen molar-refractivity contribution in [2.24, 2.45) is 0 Å². The third-order valence-electron chi connectivity index (χ3n) is 4.42. The number of aromatic nitrogens is 1. The monoisotopic (exact) mass is 404 g/mol. The van der Waals surface area contributed by atoms with Gasteiger partial charge in [-0.05, 0) is 48.9 Å². The molecule has 0 saturated carbocycles. The zero-order valence-electron chi connectivity index (χ0n) is 15.1. The number of carbonyl (C=O) groups excluding carboxylic acids is 1. The molecule has 4 rings (SSSR count). The van der Waals surface area contributed by atoms with E-state index in [-0.39, 0.29) is 5.91 Å². The first-order chi connectivity index (χ1) is 13.6. The van der Waals surface area contributed by atoms with Crippen molar-refractivity contribution in [2.45, 2.75) is 6.92 Å². The highest BCUT2D eigenvalue weighted by Gasteiger charge is 2.10. The Morgan fingerprint density at radius 2 is 1.68 bits per heavy atom. The lowest BCUT2D eigenvalue weighted by atomic mass is 10.1. The Bertz CT molecular complexity index is 1120. The zero-order chi connectivity index (χ0) is 19.5. The Labute approximate surface area is 172 Å². The summed E-state index contributed by atoms with van der Waals surface area (Å²) in [6.07, 6.45) is 0. The van der Waals surface area contributed by atoms with Crippen LogP contribution < -0.4 is 5.32 Å². The van der Waals surface area contributed by atoms with Crippen LogP contribution in [0.1, 0.15) is 15.9 Å². The molecule has 1 aromatic heterocycles. The van der Waals surface area contributed by atoms with Crippen LogP contribution in [0.25, 0.3) is 21.8 Å². The number of anilines is 1. The van der Waals surface area contributed by atoms with Crippen LogP contribution in [0.4, 0.5) is 5.69 Å². The maximum absolute atomic E-state index is 12.3. The highest BCUT2D eigenvalue weighted by atomic mass is 35.5. The molecule has 28 heavy (non-hydrogen) atoms. The van der Waals surface area contributed by atoms with Gasteiger partial charge in [0.05, 0.1) is 5.69 Å². The first-order valence-corrected chi connectivity index (χ1v) is 10.0. The summed E-state index contributed by atoms with van der Waals surface area (Å²) < 4.78 is 0. The van der Waals surface area contributed by atoms with E-state index in [1.54, 1.807) is 35.6 Å². The van der Waals surface area contributed by atoms with E-state index in [9.17, 15) is 4.79 Å². The Morgan fingerprint density at radius 1 is 0.964 bits per heavy atom. The van der Waals surface area contributed by atoms with Crippen molar-refractivity contribution < 1.29 is 4.79 Å².